The van der Waals surface area contributed by atoms with Gasteiger partial charge in [-0.2, -0.15) is 0 Å². The molecule has 0 saturated heterocycles. The molecule has 0 aliphatic heterocycles. The van der Waals surface area contributed by atoms with E-state index in [1.54, 1.807) is 0 Å². The minimum Gasteiger partial charge on any atom is -0.388 e. The van der Waals surface area contributed by atoms with Crippen LogP contribution in [0.3, 0.4) is 0 Å². The van der Waals surface area contributed by atoms with Crippen molar-refractivity contribution in [2.75, 3.05) is 7.05 Å². The number of halogens is 1. The van der Waals surface area contributed by atoms with Crippen LogP contribution in [0.15, 0.2) is 30.3 Å². The number of aliphatic hydroxyl groups excluding tert-OH is 1. The Kier molecular flexibility index (Phi) is 4.13. The quantitative estimate of drug-likeness (QED) is 0.872. The average molecular weight is 237 g/mol. The van der Waals surface area contributed by atoms with E-state index < -0.39 is 12.3 Å². The Morgan fingerprint density at radius 2 is 2.00 bits per heavy atom. The molecule has 3 heteroatoms. The van der Waals surface area contributed by atoms with E-state index in [1.165, 1.54) is 5.56 Å². The summed E-state index contributed by atoms with van der Waals surface area (Å²) in [5.41, 5.74) is 1.20. The Balaban J connectivity index is 1.97. The van der Waals surface area contributed by atoms with Crippen LogP contribution in [0.5, 0.6) is 0 Å². The predicted octanol–water partition coefficient (Wildman–Crippen LogP) is 2.37. The van der Waals surface area contributed by atoms with Crippen molar-refractivity contribution in [3.05, 3.63) is 35.9 Å². The van der Waals surface area contributed by atoms with Crippen LogP contribution in [0.25, 0.3) is 0 Å². The van der Waals surface area contributed by atoms with E-state index in [0.717, 1.165) is 19.4 Å². The third-order valence-corrected chi connectivity index (χ3v) is 3.59. The summed E-state index contributed by atoms with van der Waals surface area (Å²) in [6.07, 6.45) is 0.341. The summed E-state index contributed by atoms with van der Waals surface area (Å²) < 4.78 is 13.4. The lowest BCUT2D eigenvalue weighted by Crippen LogP contribution is -2.48. The molecule has 1 aliphatic carbocycles. The van der Waals surface area contributed by atoms with Gasteiger partial charge in [-0.25, -0.2) is 4.39 Å². The normalized spacial score (nSPS) is 29.5. The van der Waals surface area contributed by atoms with Crippen molar-refractivity contribution in [1.82, 2.24) is 4.90 Å². The Bertz CT molecular complexity index is 343. The van der Waals surface area contributed by atoms with Crippen LogP contribution >= 0.6 is 0 Å². The highest BCUT2D eigenvalue weighted by Crippen LogP contribution is 2.25. The Morgan fingerprint density at radius 3 is 2.71 bits per heavy atom. The smallest absolute Gasteiger partial charge is 0.127 e. The molecule has 1 N–H and O–H groups in total. The minimum absolute atomic E-state index is 0.0565. The molecule has 0 radical (unpaired) electrons. The molecule has 0 bridgehead atoms. The van der Waals surface area contributed by atoms with Crippen LogP contribution in [0.1, 0.15) is 24.8 Å². The van der Waals surface area contributed by atoms with E-state index >= 15 is 0 Å². The third-order valence-electron chi connectivity index (χ3n) is 3.59. The molecule has 1 saturated carbocycles. The minimum atomic E-state index is -1.06. The fourth-order valence-corrected chi connectivity index (χ4v) is 2.57. The molecule has 0 unspecified atom stereocenters. The zero-order valence-corrected chi connectivity index (χ0v) is 10.2. The topological polar surface area (TPSA) is 23.5 Å². The van der Waals surface area contributed by atoms with Crippen LogP contribution in [0.2, 0.25) is 0 Å². The van der Waals surface area contributed by atoms with Crippen molar-refractivity contribution in [2.45, 2.75) is 44.1 Å². The van der Waals surface area contributed by atoms with Gasteiger partial charge in [0.15, 0.2) is 0 Å². The molecule has 1 aromatic rings. The maximum atomic E-state index is 13.4. The highest BCUT2D eigenvalue weighted by Gasteiger charge is 2.33. The van der Waals surface area contributed by atoms with Gasteiger partial charge in [0, 0.05) is 12.6 Å². The average Bonchev–Trinajstić information content (AvgIpc) is 2.34. The highest BCUT2D eigenvalue weighted by atomic mass is 19.1. The Labute approximate surface area is 102 Å². The number of aliphatic hydroxyl groups is 1. The molecule has 0 heterocycles. The molecule has 1 fully saturated rings. The van der Waals surface area contributed by atoms with Crippen molar-refractivity contribution in [1.29, 1.82) is 0 Å². The molecule has 1 aliphatic rings. The molecular weight excluding hydrogens is 217 g/mol. The number of rotatable bonds is 3. The monoisotopic (exact) mass is 237 g/mol. The van der Waals surface area contributed by atoms with E-state index in [2.05, 4.69) is 17.0 Å². The molecule has 1 aromatic carbocycles. The van der Waals surface area contributed by atoms with E-state index in [9.17, 15) is 9.50 Å². The first-order valence-electron chi connectivity index (χ1n) is 6.25. The maximum Gasteiger partial charge on any atom is 0.127 e. The van der Waals surface area contributed by atoms with Gasteiger partial charge in [0.25, 0.3) is 0 Å². The summed E-state index contributed by atoms with van der Waals surface area (Å²) in [7, 11) is 1.96. The van der Waals surface area contributed by atoms with Gasteiger partial charge < -0.3 is 5.11 Å². The number of nitrogens with zero attached hydrogens (tertiary/aromatic N) is 1. The van der Waals surface area contributed by atoms with Crippen molar-refractivity contribution < 1.29 is 9.50 Å². The maximum absolute atomic E-state index is 13.4. The molecule has 0 spiro atoms. The second-order valence-corrected chi connectivity index (χ2v) is 4.91. The number of hydrogen-bond acceptors (Lipinski definition) is 2. The predicted molar refractivity (Wildman–Crippen MR) is 66.5 cm³/mol. The van der Waals surface area contributed by atoms with Gasteiger partial charge in [-0.1, -0.05) is 30.3 Å². The molecule has 94 valence electrons. The Hall–Kier alpha value is -0.930. The van der Waals surface area contributed by atoms with Gasteiger partial charge >= 0.3 is 0 Å². The van der Waals surface area contributed by atoms with Crippen molar-refractivity contribution in [3.8, 4) is 0 Å². The summed E-state index contributed by atoms with van der Waals surface area (Å²) in [4.78, 5) is 2.06. The third kappa shape index (κ3) is 3.05. The van der Waals surface area contributed by atoms with Crippen LogP contribution < -0.4 is 0 Å². The summed E-state index contributed by atoms with van der Waals surface area (Å²) in [5, 5.41) is 9.87. The van der Waals surface area contributed by atoms with Gasteiger partial charge in [-0.05, 0) is 31.9 Å². The zero-order chi connectivity index (χ0) is 12.3. The fraction of sp³-hybridized carbons (Fsp3) is 0.571. The van der Waals surface area contributed by atoms with Crippen LogP contribution in [0, 0.1) is 0 Å². The van der Waals surface area contributed by atoms with E-state index in [4.69, 9.17) is 0 Å². The summed E-state index contributed by atoms with van der Waals surface area (Å²) in [5.74, 6) is 0. The van der Waals surface area contributed by atoms with Crippen LogP contribution in [-0.4, -0.2) is 35.4 Å². The SMILES string of the molecule is CN(Cc1ccccc1)[C@@H]1CCC[C@H](F)[C@H]1O. The Morgan fingerprint density at radius 1 is 1.29 bits per heavy atom. The number of hydrogen-bond donors (Lipinski definition) is 1. The first-order valence-corrected chi connectivity index (χ1v) is 6.25. The first-order chi connectivity index (χ1) is 8.18. The molecule has 0 aromatic heterocycles. The van der Waals surface area contributed by atoms with Gasteiger partial charge in [0.2, 0.25) is 0 Å². The number of alkyl halides is 1. The zero-order valence-electron chi connectivity index (χ0n) is 10.2. The fourth-order valence-electron chi connectivity index (χ4n) is 2.57. The second-order valence-electron chi connectivity index (χ2n) is 4.91. The molecular formula is C14H20FNO. The largest absolute Gasteiger partial charge is 0.388 e. The molecule has 0 amide bonds. The van der Waals surface area contributed by atoms with Gasteiger partial charge in [-0.15, -0.1) is 0 Å². The van der Waals surface area contributed by atoms with E-state index in [0.29, 0.717) is 6.42 Å². The summed E-state index contributed by atoms with van der Waals surface area (Å²) in [6.45, 7) is 0.759. The van der Waals surface area contributed by atoms with Gasteiger partial charge in [0.05, 0.1) is 0 Å². The first kappa shape index (κ1) is 12.5. The molecule has 2 rings (SSSR count). The second kappa shape index (κ2) is 5.61. The lowest BCUT2D eigenvalue weighted by atomic mass is 9.90. The molecule has 3 atom stereocenters. The van der Waals surface area contributed by atoms with Gasteiger partial charge in [0.1, 0.15) is 12.3 Å². The van der Waals surface area contributed by atoms with Crippen molar-refractivity contribution in [2.24, 2.45) is 0 Å². The lowest BCUT2D eigenvalue weighted by Gasteiger charge is -2.37. The number of likely N-dealkylation sites (N-methyl/N-ethyl adjacent to an activating group) is 1. The molecule has 17 heavy (non-hydrogen) atoms. The molecule has 2 nitrogen and oxygen atoms in total. The highest BCUT2D eigenvalue weighted by molar-refractivity contribution is 5.14. The van der Waals surface area contributed by atoms with Crippen LogP contribution in [0.4, 0.5) is 4.39 Å². The summed E-state index contributed by atoms with van der Waals surface area (Å²) >= 11 is 0. The standard InChI is InChI=1S/C14H20FNO/c1-16(10-11-6-3-2-4-7-11)13-9-5-8-12(15)14(13)17/h2-4,6-7,12-14,17H,5,8-10H2,1H3/t12-,13+,14+/m0/s1. The van der Waals surface area contributed by atoms with Gasteiger partial charge in [-0.3, -0.25) is 4.90 Å². The van der Waals surface area contributed by atoms with E-state index in [1.807, 2.05) is 25.2 Å². The van der Waals surface area contributed by atoms with Crippen molar-refractivity contribution >= 4 is 0 Å². The number of benzene rings is 1. The summed E-state index contributed by atoms with van der Waals surface area (Å²) in [6, 6.07) is 10.0. The van der Waals surface area contributed by atoms with Crippen molar-refractivity contribution in [3.63, 3.8) is 0 Å². The lowest BCUT2D eigenvalue weighted by molar-refractivity contribution is -0.0255. The van der Waals surface area contributed by atoms with Crippen LogP contribution in [-0.2, 0) is 6.54 Å². The van der Waals surface area contributed by atoms with E-state index in [-0.39, 0.29) is 6.04 Å².